The van der Waals surface area contributed by atoms with Crippen molar-refractivity contribution in [1.82, 2.24) is 0 Å². The average molecular weight is 230 g/mol. The van der Waals surface area contributed by atoms with E-state index in [4.69, 9.17) is 18.9 Å². The lowest BCUT2D eigenvalue weighted by molar-refractivity contribution is -0.202. The van der Waals surface area contributed by atoms with Gasteiger partial charge in [0.25, 0.3) is 0 Å². The Morgan fingerprint density at radius 1 is 1.00 bits per heavy atom. The van der Waals surface area contributed by atoms with Gasteiger partial charge in [0, 0.05) is 6.61 Å². The van der Waals surface area contributed by atoms with Crippen molar-refractivity contribution in [2.24, 2.45) is 0 Å². The molecule has 0 aromatic carbocycles. The number of aliphatic hydroxyl groups excluding tert-OH is 1. The molecule has 0 saturated carbocycles. The van der Waals surface area contributed by atoms with E-state index in [-0.39, 0.29) is 24.6 Å². The summed E-state index contributed by atoms with van der Waals surface area (Å²) in [4.78, 5) is 0. The molecular weight excluding hydrogens is 212 g/mol. The minimum atomic E-state index is -0.508. The molecule has 3 fully saturated rings. The van der Waals surface area contributed by atoms with E-state index in [0.717, 1.165) is 25.9 Å². The second kappa shape index (κ2) is 4.58. The summed E-state index contributed by atoms with van der Waals surface area (Å²) < 4.78 is 22.3. The Morgan fingerprint density at radius 2 is 1.88 bits per heavy atom. The van der Waals surface area contributed by atoms with Crippen LogP contribution >= 0.6 is 0 Å². The lowest BCUT2D eigenvalue weighted by Crippen LogP contribution is -2.37. The highest BCUT2D eigenvalue weighted by atomic mass is 16.7. The van der Waals surface area contributed by atoms with Crippen LogP contribution in [-0.2, 0) is 18.9 Å². The zero-order chi connectivity index (χ0) is 11.0. The summed E-state index contributed by atoms with van der Waals surface area (Å²) in [6, 6.07) is 0. The van der Waals surface area contributed by atoms with E-state index in [1.807, 2.05) is 0 Å². The Hall–Kier alpha value is -0.200. The van der Waals surface area contributed by atoms with E-state index in [1.165, 1.54) is 0 Å². The van der Waals surface area contributed by atoms with Crippen LogP contribution in [0.4, 0.5) is 0 Å². The molecule has 92 valence electrons. The summed E-state index contributed by atoms with van der Waals surface area (Å²) in [5, 5.41) is 9.59. The first kappa shape index (κ1) is 10.9. The van der Waals surface area contributed by atoms with Gasteiger partial charge in [0.1, 0.15) is 24.4 Å². The molecule has 0 bridgehead atoms. The quantitative estimate of drug-likeness (QED) is 0.726. The van der Waals surface area contributed by atoms with E-state index in [0.29, 0.717) is 13.2 Å². The molecule has 0 aromatic heterocycles. The van der Waals surface area contributed by atoms with Gasteiger partial charge in [-0.25, -0.2) is 0 Å². The van der Waals surface area contributed by atoms with Crippen molar-refractivity contribution in [3.63, 3.8) is 0 Å². The molecule has 16 heavy (non-hydrogen) atoms. The summed E-state index contributed by atoms with van der Waals surface area (Å²) in [6.45, 7) is 1.61. The van der Waals surface area contributed by atoms with Crippen molar-refractivity contribution < 1.29 is 24.1 Å². The van der Waals surface area contributed by atoms with Crippen molar-refractivity contribution in [3.05, 3.63) is 0 Å². The predicted octanol–water partition coefficient (Wildman–Crippen LogP) is 0.0567. The second-order valence-electron chi connectivity index (χ2n) is 4.63. The third-order valence-corrected chi connectivity index (χ3v) is 3.45. The second-order valence-corrected chi connectivity index (χ2v) is 4.63. The number of ether oxygens (including phenoxy) is 4. The Bertz CT molecular complexity index is 241. The van der Waals surface area contributed by atoms with Crippen LogP contribution in [0.3, 0.4) is 0 Å². The van der Waals surface area contributed by atoms with Gasteiger partial charge in [0.05, 0.1) is 13.2 Å². The largest absolute Gasteiger partial charge is 0.388 e. The van der Waals surface area contributed by atoms with Gasteiger partial charge < -0.3 is 24.1 Å². The zero-order valence-electron chi connectivity index (χ0n) is 9.21. The minimum Gasteiger partial charge on any atom is -0.388 e. The SMILES string of the molecule is OC1CO[C@@H]2C(OC3CCCCO3)COC12. The van der Waals surface area contributed by atoms with Crippen molar-refractivity contribution >= 4 is 0 Å². The maximum Gasteiger partial charge on any atom is 0.158 e. The van der Waals surface area contributed by atoms with Crippen molar-refractivity contribution in [3.8, 4) is 0 Å². The van der Waals surface area contributed by atoms with Crippen molar-refractivity contribution in [2.45, 2.75) is 50.0 Å². The molecule has 1 N–H and O–H groups in total. The van der Waals surface area contributed by atoms with Crippen LogP contribution in [0.2, 0.25) is 0 Å². The first-order valence-electron chi connectivity index (χ1n) is 6.03. The summed E-state index contributed by atoms with van der Waals surface area (Å²) in [5.74, 6) is 0. The van der Waals surface area contributed by atoms with Gasteiger partial charge in [-0.1, -0.05) is 0 Å². The molecule has 0 aromatic rings. The van der Waals surface area contributed by atoms with Crippen LogP contribution in [0, 0.1) is 0 Å². The Balaban J connectivity index is 1.55. The number of rotatable bonds is 2. The molecule has 3 aliphatic rings. The molecule has 4 unspecified atom stereocenters. The van der Waals surface area contributed by atoms with E-state index in [9.17, 15) is 5.11 Å². The molecule has 0 radical (unpaired) electrons. The number of aliphatic hydroxyl groups is 1. The third kappa shape index (κ3) is 1.98. The lowest BCUT2D eigenvalue weighted by Gasteiger charge is -2.27. The first-order valence-corrected chi connectivity index (χ1v) is 6.03. The fourth-order valence-corrected chi connectivity index (χ4v) is 2.57. The summed E-state index contributed by atoms with van der Waals surface area (Å²) in [7, 11) is 0. The molecular formula is C11H18O5. The molecule has 0 amide bonds. The highest BCUT2D eigenvalue weighted by Crippen LogP contribution is 2.30. The van der Waals surface area contributed by atoms with Crippen molar-refractivity contribution in [1.29, 1.82) is 0 Å². The molecule has 5 heteroatoms. The maximum absolute atomic E-state index is 9.59. The van der Waals surface area contributed by atoms with Gasteiger partial charge in [0.2, 0.25) is 0 Å². The normalized spacial score (nSPS) is 48.2. The van der Waals surface area contributed by atoms with Crippen LogP contribution in [0.25, 0.3) is 0 Å². The van der Waals surface area contributed by atoms with Crippen LogP contribution < -0.4 is 0 Å². The van der Waals surface area contributed by atoms with Gasteiger partial charge >= 0.3 is 0 Å². The van der Waals surface area contributed by atoms with Crippen LogP contribution in [0.5, 0.6) is 0 Å². The Kier molecular flexibility index (Phi) is 3.13. The summed E-state index contributed by atoms with van der Waals surface area (Å²) in [6.07, 6.45) is 2.14. The van der Waals surface area contributed by atoms with E-state index >= 15 is 0 Å². The number of hydrogen-bond donors (Lipinski definition) is 1. The Morgan fingerprint density at radius 3 is 2.69 bits per heavy atom. The third-order valence-electron chi connectivity index (χ3n) is 3.45. The van der Waals surface area contributed by atoms with Gasteiger partial charge in [0.15, 0.2) is 6.29 Å². The zero-order valence-corrected chi connectivity index (χ0v) is 9.21. The van der Waals surface area contributed by atoms with Crippen LogP contribution in [-0.4, -0.2) is 55.6 Å². The standard InChI is InChI=1S/C11H18O5/c12-7-5-14-11-8(6-15-10(7)11)16-9-3-1-2-4-13-9/h7-12H,1-6H2/t7?,8?,9?,10?,11-/m1/s1. The average Bonchev–Trinajstić information content (AvgIpc) is 2.86. The molecule has 5 atom stereocenters. The predicted molar refractivity (Wildman–Crippen MR) is 54.0 cm³/mol. The minimum absolute atomic E-state index is 0.0924. The smallest absolute Gasteiger partial charge is 0.158 e. The number of fused-ring (bicyclic) bond motifs is 1. The fraction of sp³-hybridized carbons (Fsp3) is 1.00. The van der Waals surface area contributed by atoms with E-state index < -0.39 is 6.10 Å². The van der Waals surface area contributed by atoms with Gasteiger partial charge in [-0.2, -0.15) is 0 Å². The number of hydrogen-bond acceptors (Lipinski definition) is 5. The highest BCUT2D eigenvalue weighted by Gasteiger charge is 2.48. The first-order chi connectivity index (χ1) is 7.84. The molecule has 0 spiro atoms. The molecule has 3 saturated heterocycles. The van der Waals surface area contributed by atoms with Gasteiger partial charge in [-0.3, -0.25) is 0 Å². The molecule has 3 rings (SSSR count). The summed E-state index contributed by atoms with van der Waals surface area (Å²) in [5.41, 5.74) is 0. The topological polar surface area (TPSA) is 57.2 Å². The fourth-order valence-electron chi connectivity index (χ4n) is 2.57. The maximum atomic E-state index is 9.59. The van der Waals surface area contributed by atoms with E-state index in [1.54, 1.807) is 0 Å². The van der Waals surface area contributed by atoms with E-state index in [2.05, 4.69) is 0 Å². The Labute approximate surface area is 94.6 Å². The lowest BCUT2D eigenvalue weighted by atomic mass is 10.1. The highest BCUT2D eigenvalue weighted by molar-refractivity contribution is 4.95. The van der Waals surface area contributed by atoms with Crippen LogP contribution in [0.15, 0.2) is 0 Å². The molecule has 0 aliphatic carbocycles. The van der Waals surface area contributed by atoms with Gasteiger partial charge in [-0.05, 0) is 19.3 Å². The van der Waals surface area contributed by atoms with Crippen LogP contribution in [0.1, 0.15) is 19.3 Å². The van der Waals surface area contributed by atoms with Gasteiger partial charge in [-0.15, -0.1) is 0 Å². The monoisotopic (exact) mass is 230 g/mol. The molecule has 3 heterocycles. The summed E-state index contributed by atoms with van der Waals surface area (Å²) >= 11 is 0. The molecule has 5 nitrogen and oxygen atoms in total. The van der Waals surface area contributed by atoms with Crippen molar-refractivity contribution in [2.75, 3.05) is 19.8 Å². The molecule has 3 aliphatic heterocycles.